The first kappa shape index (κ1) is 25.6. The van der Waals surface area contributed by atoms with E-state index in [9.17, 15) is 26.4 Å². The number of alkyl halides is 3. The van der Waals surface area contributed by atoms with Gasteiger partial charge in [0.2, 0.25) is 5.91 Å². The molecule has 186 valence electrons. The third-order valence-corrected chi connectivity index (χ3v) is 6.33. The molecule has 0 aliphatic heterocycles. The van der Waals surface area contributed by atoms with Crippen molar-refractivity contribution in [2.75, 3.05) is 30.4 Å². The lowest BCUT2D eigenvalue weighted by atomic mass is 10.2. The second kappa shape index (κ2) is 10.5. The topological polar surface area (TPSA) is 107 Å². The Morgan fingerprint density at radius 1 is 1.03 bits per heavy atom. The van der Waals surface area contributed by atoms with Crippen LogP contribution in [0.15, 0.2) is 71.9 Å². The lowest BCUT2D eigenvalue weighted by molar-refractivity contribution is -0.275. The van der Waals surface area contributed by atoms with Crippen LogP contribution in [0.3, 0.4) is 0 Å². The van der Waals surface area contributed by atoms with Gasteiger partial charge < -0.3 is 19.5 Å². The van der Waals surface area contributed by atoms with Gasteiger partial charge in [-0.2, -0.15) is 0 Å². The molecule has 0 atom stereocenters. The van der Waals surface area contributed by atoms with E-state index in [1.807, 2.05) is 0 Å². The Bertz CT molecular complexity index is 1290. The molecule has 3 rings (SSSR count). The smallest absolute Gasteiger partial charge is 0.497 e. The lowest BCUT2D eigenvalue weighted by Crippen LogP contribution is -2.38. The van der Waals surface area contributed by atoms with Gasteiger partial charge in [0.25, 0.3) is 10.0 Å². The van der Waals surface area contributed by atoms with Crippen LogP contribution in [0.25, 0.3) is 0 Å². The molecule has 1 N–H and O–H groups in total. The average Bonchev–Trinajstić information content (AvgIpc) is 2.82. The fraction of sp³-hybridized carbons (Fsp3) is 0.182. The van der Waals surface area contributed by atoms with Crippen molar-refractivity contribution in [1.29, 1.82) is 0 Å². The first-order chi connectivity index (χ1) is 16.5. The second-order valence-electron chi connectivity index (χ2n) is 6.83. The molecule has 0 fully saturated rings. The van der Waals surface area contributed by atoms with Crippen molar-refractivity contribution in [3.05, 3.63) is 67.0 Å². The maximum atomic E-state index is 13.7. The summed E-state index contributed by atoms with van der Waals surface area (Å²) in [6.45, 7) is -0.818. The standard InChI is InChI=1S/C22H20F3N3O6S/c1-32-16-9-10-18(33-2)17(12-16)28(14-21(29)27-15-6-5-11-26-13-15)35(30,31)20-8-4-3-7-19(20)34-22(23,24)25/h3-13H,14H2,1-2H3,(H,27,29). The zero-order valence-corrected chi connectivity index (χ0v) is 19.3. The van der Waals surface area contributed by atoms with Crippen LogP contribution in [-0.4, -0.2) is 46.4 Å². The molecule has 0 radical (unpaired) electrons. The summed E-state index contributed by atoms with van der Waals surface area (Å²) in [4.78, 5) is 15.9. The number of carbonyl (C=O) groups excluding carboxylic acids is 1. The number of benzene rings is 2. The number of nitrogens with one attached hydrogen (secondary N) is 1. The number of aromatic nitrogens is 1. The van der Waals surface area contributed by atoms with Crippen LogP contribution in [0.4, 0.5) is 24.5 Å². The van der Waals surface area contributed by atoms with E-state index in [0.717, 1.165) is 12.1 Å². The molecule has 13 heteroatoms. The number of methoxy groups -OCH3 is 2. The zero-order valence-electron chi connectivity index (χ0n) is 18.4. The summed E-state index contributed by atoms with van der Waals surface area (Å²) in [5, 5.41) is 2.49. The van der Waals surface area contributed by atoms with Gasteiger partial charge in [0, 0.05) is 12.3 Å². The van der Waals surface area contributed by atoms with Crippen LogP contribution in [-0.2, 0) is 14.8 Å². The Hall–Kier alpha value is -4.00. The molecule has 35 heavy (non-hydrogen) atoms. The summed E-state index contributed by atoms with van der Waals surface area (Å²) >= 11 is 0. The molecule has 1 aromatic heterocycles. The number of anilines is 2. The molecule has 0 saturated heterocycles. The van der Waals surface area contributed by atoms with Gasteiger partial charge in [-0.25, -0.2) is 8.42 Å². The molecule has 0 unspecified atom stereocenters. The van der Waals surface area contributed by atoms with Crippen molar-refractivity contribution in [3.8, 4) is 17.2 Å². The molecule has 0 spiro atoms. The summed E-state index contributed by atoms with van der Waals surface area (Å²) in [5.74, 6) is -1.51. The second-order valence-corrected chi connectivity index (χ2v) is 8.66. The highest BCUT2D eigenvalue weighted by molar-refractivity contribution is 7.93. The van der Waals surface area contributed by atoms with E-state index >= 15 is 0 Å². The Kier molecular flexibility index (Phi) is 7.69. The van der Waals surface area contributed by atoms with Gasteiger partial charge in [-0.1, -0.05) is 12.1 Å². The van der Waals surface area contributed by atoms with Crippen LogP contribution in [0.5, 0.6) is 17.2 Å². The summed E-state index contributed by atoms with van der Waals surface area (Å²) in [5.41, 5.74) is 0.142. The molecule has 9 nitrogen and oxygen atoms in total. The first-order valence-corrected chi connectivity index (χ1v) is 11.3. The lowest BCUT2D eigenvalue weighted by Gasteiger charge is -2.27. The number of sulfonamides is 1. The molecule has 2 aromatic carbocycles. The van der Waals surface area contributed by atoms with Crippen LogP contribution in [0.2, 0.25) is 0 Å². The number of nitrogens with zero attached hydrogens (tertiary/aromatic N) is 2. The molecule has 1 heterocycles. The molecule has 0 aliphatic carbocycles. The van der Waals surface area contributed by atoms with Gasteiger partial charge >= 0.3 is 6.36 Å². The van der Waals surface area contributed by atoms with Crippen molar-refractivity contribution in [2.24, 2.45) is 0 Å². The van der Waals surface area contributed by atoms with E-state index in [1.54, 1.807) is 6.07 Å². The number of carbonyl (C=O) groups is 1. The van der Waals surface area contributed by atoms with E-state index < -0.39 is 39.5 Å². The SMILES string of the molecule is COc1ccc(OC)c(N(CC(=O)Nc2cccnc2)S(=O)(=O)c2ccccc2OC(F)(F)F)c1. The number of halogens is 3. The molecule has 1 amide bonds. The van der Waals surface area contributed by atoms with Crippen LogP contribution in [0.1, 0.15) is 0 Å². The summed E-state index contributed by atoms with van der Waals surface area (Å²) < 4.78 is 81.2. The van der Waals surface area contributed by atoms with Gasteiger partial charge in [-0.3, -0.25) is 14.1 Å². The number of pyridine rings is 1. The van der Waals surface area contributed by atoms with E-state index in [0.29, 0.717) is 4.31 Å². The predicted molar refractivity (Wildman–Crippen MR) is 120 cm³/mol. The van der Waals surface area contributed by atoms with Crippen molar-refractivity contribution >= 4 is 27.3 Å². The van der Waals surface area contributed by atoms with Crippen LogP contribution >= 0.6 is 0 Å². The van der Waals surface area contributed by atoms with Gasteiger partial charge in [-0.05, 0) is 36.4 Å². The highest BCUT2D eigenvalue weighted by atomic mass is 32.2. The summed E-state index contributed by atoms with van der Waals surface area (Å²) in [6.07, 6.45) is -2.33. The third kappa shape index (κ3) is 6.32. The summed E-state index contributed by atoms with van der Waals surface area (Å²) in [7, 11) is -2.20. The molecule has 0 bridgehead atoms. The minimum absolute atomic E-state index is 0.0257. The fourth-order valence-electron chi connectivity index (χ4n) is 3.05. The maximum absolute atomic E-state index is 13.7. The first-order valence-electron chi connectivity index (χ1n) is 9.84. The molecular formula is C22H20F3N3O6S. The van der Waals surface area contributed by atoms with Gasteiger partial charge in [0.1, 0.15) is 28.7 Å². The Balaban J connectivity index is 2.13. The number of ether oxygens (including phenoxy) is 3. The highest BCUT2D eigenvalue weighted by Crippen LogP contribution is 2.38. The summed E-state index contributed by atoms with van der Waals surface area (Å²) in [6, 6.07) is 11.5. The van der Waals surface area contributed by atoms with Crippen molar-refractivity contribution in [3.63, 3.8) is 0 Å². The van der Waals surface area contributed by atoms with Gasteiger partial charge in [0.05, 0.1) is 31.8 Å². The number of para-hydroxylation sites is 1. The monoisotopic (exact) mass is 511 g/mol. The Labute approximate surface area is 199 Å². The predicted octanol–water partition coefficient (Wildman–Crippen LogP) is 3.83. The normalized spacial score (nSPS) is 11.5. The number of amides is 1. The molecule has 0 saturated carbocycles. The van der Waals surface area contributed by atoms with Gasteiger partial charge in [-0.15, -0.1) is 13.2 Å². The van der Waals surface area contributed by atoms with Crippen molar-refractivity contribution in [1.82, 2.24) is 4.98 Å². The van der Waals surface area contributed by atoms with E-state index in [-0.39, 0.29) is 22.9 Å². The minimum Gasteiger partial charge on any atom is -0.497 e. The van der Waals surface area contributed by atoms with Crippen molar-refractivity contribution < 1.29 is 40.6 Å². The third-order valence-electron chi connectivity index (χ3n) is 4.53. The highest BCUT2D eigenvalue weighted by Gasteiger charge is 2.37. The van der Waals surface area contributed by atoms with Gasteiger partial charge in [0.15, 0.2) is 0 Å². The Morgan fingerprint density at radius 2 is 1.77 bits per heavy atom. The largest absolute Gasteiger partial charge is 0.573 e. The zero-order chi connectivity index (χ0) is 25.6. The van der Waals surface area contributed by atoms with E-state index in [1.165, 1.54) is 63.0 Å². The number of hydrogen-bond acceptors (Lipinski definition) is 7. The fourth-order valence-corrected chi connectivity index (χ4v) is 4.59. The van der Waals surface area contributed by atoms with Crippen molar-refractivity contribution in [2.45, 2.75) is 11.3 Å². The van der Waals surface area contributed by atoms with Crippen LogP contribution in [0, 0.1) is 0 Å². The van der Waals surface area contributed by atoms with E-state index in [2.05, 4.69) is 15.0 Å². The number of hydrogen-bond donors (Lipinski definition) is 1. The minimum atomic E-state index is -5.15. The Morgan fingerprint density at radius 3 is 2.40 bits per heavy atom. The van der Waals surface area contributed by atoms with Crippen LogP contribution < -0.4 is 23.8 Å². The molecule has 0 aliphatic rings. The average molecular weight is 511 g/mol. The molecular weight excluding hydrogens is 491 g/mol. The van der Waals surface area contributed by atoms with E-state index in [4.69, 9.17) is 9.47 Å². The maximum Gasteiger partial charge on any atom is 0.573 e. The number of rotatable bonds is 9. The molecule has 3 aromatic rings. The quantitative estimate of drug-likeness (QED) is 0.465.